The van der Waals surface area contributed by atoms with Crippen LogP contribution in [-0.2, 0) is 11.3 Å². The number of nitrogens with one attached hydrogen (secondary N) is 1. The molecule has 4 rings (SSSR count). The first kappa shape index (κ1) is 21.3. The molecule has 0 bridgehead atoms. The van der Waals surface area contributed by atoms with Gasteiger partial charge in [-0.15, -0.1) is 10.2 Å². The summed E-state index contributed by atoms with van der Waals surface area (Å²) in [4.78, 5) is 11.3. The Balaban J connectivity index is 1.72. The predicted molar refractivity (Wildman–Crippen MR) is 123 cm³/mol. The number of carbonyl (C=O) groups is 1. The highest BCUT2D eigenvalue weighted by molar-refractivity contribution is 6.01. The van der Waals surface area contributed by atoms with Gasteiger partial charge in [-0.2, -0.15) is 0 Å². The van der Waals surface area contributed by atoms with E-state index in [0.29, 0.717) is 36.0 Å². The quantitative estimate of drug-likeness (QED) is 0.224. The molecule has 0 spiro atoms. The zero-order valence-corrected chi connectivity index (χ0v) is 17.6. The summed E-state index contributed by atoms with van der Waals surface area (Å²) in [6.07, 6.45) is 0.773. The van der Waals surface area contributed by atoms with Crippen LogP contribution in [0.4, 0.5) is 5.82 Å². The Hall–Kier alpha value is -3.97. The van der Waals surface area contributed by atoms with E-state index < -0.39 is 0 Å². The summed E-state index contributed by atoms with van der Waals surface area (Å²) in [5.41, 5.74) is 2.80. The van der Waals surface area contributed by atoms with Gasteiger partial charge in [0.2, 0.25) is 0 Å². The van der Waals surface area contributed by atoms with Crippen LogP contribution < -0.4 is 10.1 Å². The summed E-state index contributed by atoms with van der Waals surface area (Å²) in [7, 11) is 0. The molecule has 2 N–H and O–H groups in total. The fourth-order valence-corrected chi connectivity index (χ4v) is 3.40. The van der Waals surface area contributed by atoms with Crippen LogP contribution in [0.15, 0.2) is 66.7 Å². The Morgan fingerprint density at radius 3 is 2.62 bits per heavy atom. The van der Waals surface area contributed by atoms with Crippen LogP contribution in [0.25, 0.3) is 22.0 Å². The maximum absolute atomic E-state index is 11.3. The van der Waals surface area contributed by atoms with Crippen molar-refractivity contribution in [1.29, 1.82) is 0 Å². The lowest BCUT2D eigenvalue weighted by molar-refractivity contribution is 0.0227. The van der Waals surface area contributed by atoms with Crippen LogP contribution in [0, 0.1) is 0 Å². The molecule has 0 aliphatic heterocycles. The van der Waals surface area contributed by atoms with E-state index in [-0.39, 0.29) is 12.5 Å². The molecule has 0 radical (unpaired) electrons. The largest absolute Gasteiger partial charge is 0.508 e. The van der Waals surface area contributed by atoms with Gasteiger partial charge in [0.1, 0.15) is 23.5 Å². The molecule has 7 heteroatoms. The second-order valence-electron chi connectivity index (χ2n) is 7.09. The number of ether oxygens (including phenoxy) is 2. The van der Waals surface area contributed by atoms with Crippen LogP contribution >= 0.6 is 0 Å². The van der Waals surface area contributed by atoms with E-state index >= 15 is 0 Å². The highest BCUT2D eigenvalue weighted by atomic mass is 16.7. The Morgan fingerprint density at radius 2 is 1.84 bits per heavy atom. The minimum atomic E-state index is 0.0702. The third kappa shape index (κ3) is 4.68. The van der Waals surface area contributed by atoms with Crippen LogP contribution in [0.2, 0.25) is 0 Å². The predicted octanol–water partition coefficient (Wildman–Crippen LogP) is 4.80. The molecular weight excluding hydrogens is 406 g/mol. The van der Waals surface area contributed by atoms with Crippen LogP contribution in [0.1, 0.15) is 22.8 Å². The number of phenols is 1. The molecule has 0 unspecified atom stereocenters. The van der Waals surface area contributed by atoms with E-state index in [9.17, 15) is 9.90 Å². The number of benzene rings is 3. The molecule has 4 aromatic rings. The van der Waals surface area contributed by atoms with E-state index in [1.54, 1.807) is 36.4 Å². The van der Waals surface area contributed by atoms with Crippen LogP contribution in [-0.4, -0.2) is 35.0 Å². The van der Waals surface area contributed by atoms with Crippen molar-refractivity contribution in [3.8, 4) is 22.8 Å². The lowest BCUT2D eigenvalue weighted by atomic mass is 10.0. The zero-order chi connectivity index (χ0) is 22.3. The number of carbonyl (C=O) groups excluding carboxylic acids is 1. The van der Waals surface area contributed by atoms with Crippen LogP contribution in [0.3, 0.4) is 0 Å². The summed E-state index contributed by atoms with van der Waals surface area (Å²) < 4.78 is 11.1. The van der Waals surface area contributed by atoms with E-state index in [1.807, 2.05) is 37.3 Å². The number of hydrogen-bond donors (Lipinski definition) is 2. The maximum Gasteiger partial charge on any atom is 0.189 e. The first-order valence-corrected chi connectivity index (χ1v) is 10.3. The fourth-order valence-electron chi connectivity index (χ4n) is 3.40. The second kappa shape index (κ2) is 9.89. The number of aldehydes is 1. The first-order valence-electron chi connectivity index (χ1n) is 10.3. The SMILES string of the molecule is CCOCOc1cc(C=O)ccc1-c1nnc(NCc2cccc(O)c2)c2ccccc12. The lowest BCUT2D eigenvalue weighted by Crippen LogP contribution is -2.06. The second-order valence-corrected chi connectivity index (χ2v) is 7.09. The van der Waals surface area contributed by atoms with E-state index in [4.69, 9.17) is 9.47 Å². The summed E-state index contributed by atoms with van der Waals surface area (Å²) in [6, 6.07) is 20.1. The number of hydrogen-bond acceptors (Lipinski definition) is 7. The van der Waals surface area contributed by atoms with Crippen molar-refractivity contribution in [2.75, 3.05) is 18.7 Å². The Kier molecular flexibility index (Phi) is 6.57. The molecule has 32 heavy (non-hydrogen) atoms. The number of rotatable bonds is 9. The molecule has 0 aliphatic rings. The van der Waals surface area contributed by atoms with Gasteiger partial charge in [-0.05, 0) is 36.8 Å². The van der Waals surface area contributed by atoms with Gasteiger partial charge in [-0.1, -0.05) is 42.5 Å². The molecule has 0 amide bonds. The first-order chi connectivity index (χ1) is 15.7. The third-order valence-corrected chi connectivity index (χ3v) is 4.96. The number of nitrogens with zero attached hydrogens (tertiary/aromatic N) is 2. The Morgan fingerprint density at radius 1 is 1.00 bits per heavy atom. The average Bonchev–Trinajstić information content (AvgIpc) is 2.83. The van der Waals surface area contributed by atoms with Gasteiger partial charge in [-0.3, -0.25) is 4.79 Å². The summed E-state index contributed by atoms with van der Waals surface area (Å²) >= 11 is 0. The number of aromatic nitrogens is 2. The van der Waals surface area contributed by atoms with E-state index in [0.717, 1.165) is 28.2 Å². The van der Waals surface area contributed by atoms with Crippen molar-refractivity contribution >= 4 is 22.9 Å². The van der Waals surface area contributed by atoms with Crippen molar-refractivity contribution in [3.05, 3.63) is 77.9 Å². The minimum Gasteiger partial charge on any atom is -0.508 e. The molecule has 0 saturated heterocycles. The highest BCUT2D eigenvalue weighted by Gasteiger charge is 2.15. The summed E-state index contributed by atoms with van der Waals surface area (Å²) in [5, 5.41) is 23.7. The molecule has 7 nitrogen and oxygen atoms in total. The number of aromatic hydroxyl groups is 1. The Bertz CT molecular complexity index is 1240. The van der Waals surface area contributed by atoms with Gasteiger partial charge in [0.15, 0.2) is 12.6 Å². The van der Waals surface area contributed by atoms with Gasteiger partial charge in [0.25, 0.3) is 0 Å². The van der Waals surface area contributed by atoms with Crippen molar-refractivity contribution in [2.24, 2.45) is 0 Å². The number of fused-ring (bicyclic) bond motifs is 1. The monoisotopic (exact) mass is 429 g/mol. The normalized spacial score (nSPS) is 10.8. The number of phenolic OH excluding ortho intramolecular Hbond substituents is 1. The zero-order valence-electron chi connectivity index (χ0n) is 17.6. The molecule has 1 heterocycles. The Labute approximate surface area is 185 Å². The minimum absolute atomic E-state index is 0.0702. The molecule has 0 saturated carbocycles. The van der Waals surface area contributed by atoms with Gasteiger partial charge >= 0.3 is 0 Å². The average molecular weight is 429 g/mol. The van der Waals surface area contributed by atoms with Crippen molar-refractivity contribution in [1.82, 2.24) is 10.2 Å². The van der Waals surface area contributed by atoms with E-state index in [1.165, 1.54) is 0 Å². The molecule has 1 aromatic heterocycles. The van der Waals surface area contributed by atoms with Crippen molar-refractivity contribution in [2.45, 2.75) is 13.5 Å². The molecule has 0 fully saturated rings. The molecule has 3 aromatic carbocycles. The molecule has 162 valence electrons. The maximum atomic E-state index is 11.3. The fraction of sp³-hybridized carbons (Fsp3) is 0.160. The molecule has 0 atom stereocenters. The molecular formula is C25H23N3O4. The van der Waals surface area contributed by atoms with E-state index in [2.05, 4.69) is 15.5 Å². The highest BCUT2D eigenvalue weighted by Crippen LogP contribution is 2.35. The van der Waals surface area contributed by atoms with Crippen LogP contribution in [0.5, 0.6) is 11.5 Å². The third-order valence-electron chi connectivity index (χ3n) is 4.96. The van der Waals surface area contributed by atoms with Crippen molar-refractivity contribution < 1.29 is 19.4 Å². The van der Waals surface area contributed by atoms with Gasteiger partial charge in [0.05, 0.1) is 0 Å². The van der Waals surface area contributed by atoms with Gasteiger partial charge in [0, 0.05) is 35.1 Å². The van der Waals surface area contributed by atoms with Gasteiger partial charge in [-0.25, -0.2) is 0 Å². The number of anilines is 1. The summed E-state index contributed by atoms with van der Waals surface area (Å²) in [6.45, 7) is 2.96. The standard InChI is InChI=1S/C25H23N3O4/c1-2-31-16-32-23-13-18(15-29)10-11-22(23)24-20-8-3-4-9-21(20)25(28-27-24)26-14-17-6-5-7-19(30)12-17/h3-13,15,30H,2,14,16H2,1H3,(H,26,28). The lowest BCUT2D eigenvalue weighted by Gasteiger charge is -2.15. The smallest absolute Gasteiger partial charge is 0.189 e. The van der Waals surface area contributed by atoms with Crippen molar-refractivity contribution in [3.63, 3.8) is 0 Å². The summed E-state index contributed by atoms with van der Waals surface area (Å²) in [5.74, 6) is 1.35. The molecule has 0 aliphatic carbocycles. The van der Waals surface area contributed by atoms with Gasteiger partial charge < -0.3 is 19.9 Å². The topological polar surface area (TPSA) is 93.6 Å².